The number of hydrogen-bond donors (Lipinski definition) is 2. The second-order valence-corrected chi connectivity index (χ2v) is 11.1. The minimum Gasteiger partial charge on any atom is -0.489 e. The molecule has 1 aromatic carbocycles. The van der Waals surface area contributed by atoms with E-state index in [1.807, 2.05) is 0 Å². The van der Waals surface area contributed by atoms with E-state index in [1.54, 1.807) is 11.1 Å². The number of likely N-dealkylation sites (tertiary alicyclic amines) is 1. The van der Waals surface area contributed by atoms with Gasteiger partial charge in [0.05, 0.1) is 29.4 Å². The van der Waals surface area contributed by atoms with Gasteiger partial charge in [-0.1, -0.05) is 18.0 Å². The highest BCUT2D eigenvalue weighted by molar-refractivity contribution is 6.39. The number of nitrogens with one attached hydrogen (secondary N) is 2. The molecular formula is C27H31ClFN5O2. The van der Waals surface area contributed by atoms with Crippen molar-refractivity contribution >= 4 is 29.4 Å². The second-order valence-electron chi connectivity index (χ2n) is 10.6. The van der Waals surface area contributed by atoms with Gasteiger partial charge < -0.3 is 20.4 Å². The Bertz CT molecular complexity index is 1160. The van der Waals surface area contributed by atoms with Crippen LogP contribution in [0.25, 0.3) is 0 Å². The smallest absolute Gasteiger partial charge is 0.258 e. The first kappa shape index (κ1) is 23.7. The van der Waals surface area contributed by atoms with Gasteiger partial charge in [0.15, 0.2) is 0 Å². The first-order valence-electron chi connectivity index (χ1n) is 12.9. The number of rotatable bonds is 5. The molecule has 0 spiro atoms. The third kappa shape index (κ3) is 4.57. The summed E-state index contributed by atoms with van der Waals surface area (Å²) in [7, 11) is 0. The highest BCUT2D eigenvalue weighted by Gasteiger charge is 2.43. The summed E-state index contributed by atoms with van der Waals surface area (Å²) >= 11 is 5.92. The van der Waals surface area contributed by atoms with E-state index in [4.69, 9.17) is 21.7 Å². The summed E-state index contributed by atoms with van der Waals surface area (Å²) in [5.41, 5.74) is 1.29. The summed E-state index contributed by atoms with van der Waals surface area (Å²) in [5, 5.41) is 11.8. The Kier molecular flexibility index (Phi) is 6.33. The van der Waals surface area contributed by atoms with Gasteiger partial charge in [-0.2, -0.15) is 0 Å². The Hall–Kier alpha value is -2.71. The van der Waals surface area contributed by atoms with Crippen LogP contribution < -0.4 is 10.1 Å². The molecule has 190 valence electrons. The van der Waals surface area contributed by atoms with E-state index in [0.29, 0.717) is 45.5 Å². The lowest BCUT2D eigenvalue weighted by atomic mass is 9.84. The van der Waals surface area contributed by atoms with Crippen LogP contribution in [0.15, 0.2) is 45.8 Å². The number of nitrogens with zero attached hydrogens (tertiary/aromatic N) is 3. The molecule has 4 heterocycles. The monoisotopic (exact) mass is 511 g/mol. The van der Waals surface area contributed by atoms with Crippen LogP contribution in [0.5, 0.6) is 5.75 Å². The minimum absolute atomic E-state index is 0.0274. The third-order valence-electron chi connectivity index (χ3n) is 8.30. The number of ether oxygens (including phenoxy) is 1. The highest BCUT2D eigenvalue weighted by Crippen LogP contribution is 2.40. The fourth-order valence-electron chi connectivity index (χ4n) is 6.21. The molecular weight excluding hydrogens is 481 g/mol. The van der Waals surface area contributed by atoms with Crippen LogP contribution in [0, 0.1) is 17.1 Å². The van der Waals surface area contributed by atoms with Crippen LogP contribution in [-0.2, 0) is 0 Å². The van der Waals surface area contributed by atoms with Crippen molar-refractivity contribution in [1.82, 2.24) is 15.1 Å². The van der Waals surface area contributed by atoms with Crippen LogP contribution in [-0.4, -0.2) is 65.5 Å². The molecule has 9 heteroatoms. The van der Waals surface area contributed by atoms with Gasteiger partial charge >= 0.3 is 0 Å². The molecule has 36 heavy (non-hydrogen) atoms. The highest BCUT2D eigenvalue weighted by atomic mass is 35.5. The number of fused-ring (bicyclic) bond motifs is 2. The maximum Gasteiger partial charge on any atom is 0.258 e. The fourth-order valence-corrected chi connectivity index (χ4v) is 6.31. The molecule has 7 nitrogen and oxygen atoms in total. The first-order chi connectivity index (χ1) is 17.4. The number of halogens is 2. The predicted octanol–water partition coefficient (Wildman–Crippen LogP) is 4.44. The van der Waals surface area contributed by atoms with Crippen LogP contribution in [0.1, 0.15) is 55.3 Å². The average molecular weight is 512 g/mol. The van der Waals surface area contributed by atoms with Crippen LogP contribution in [0.2, 0.25) is 0 Å². The van der Waals surface area contributed by atoms with Gasteiger partial charge in [0.1, 0.15) is 23.5 Å². The topological polar surface area (TPSA) is 81.0 Å². The molecule has 1 aromatic rings. The van der Waals surface area contributed by atoms with E-state index < -0.39 is 5.82 Å². The zero-order valence-electron chi connectivity index (χ0n) is 20.2. The van der Waals surface area contributed by atoms with E-state index in [9.17, 15) is 9.18 Å². The molecule has 0 aromatic heterocycles. The quantitative estimate of drug-likeness (QED) is 0.612. The van der Waals surface area contributed by atoms with E-state index >= 15 is 0 Å². The lowest BCUT2D eigenvalue weighted by Gasteiger charge is -2.42. The molecule has 0 unspecified atom stereocenters. The standard InChI is InChI=1S/C27H31ClFN5O2/c28-17-11-31-26(32-12-17)23-14-33(15-24(23)30)27(35)22-7-4-18(29)8-25(22)36-21-9-19-5-6-20(10-21)34(19)13-16-2-1-3-16/h4,7-8,11-12,16,19-21,30-31H,1-3,5-6,9-10,13-15H2/b26-23+,30-24?/t19-,20+,21+. The van der Waals surface area contributed by atoms with Gasteiger partial charge in [-0.25, -0.2) is 9.38 Å². The number of aliphatic imine (C=N–C) groups is 1. The van der Waals surface area contributed by atoms with E-state index in [1.165, 1.54) is 63.1 Å². The Balaban J connectivity index is 1.16. The summed E-state index contributed by atoms with van der Waals surface area (Å²) in [6.07, 6.45) is 11.4. The largest absolute Gasteiger partial charge is 0.489 e. The maximum absolute atomic E-state index is 14.3. The number of carbonyl (C=O) groups is 1. The first-order valence-corrected chi connectivity index (χ1v) is 13.3. The number of amides is 1. The molecule has 4 aliphatic heterocycles. The second kappa shape index (κ2) is 9.63. The van der Waals surface area contributed by atoms with Gasteiger partial charge in [-0.15, -0.1) is 0 Å². The van der Waals surface area contributed by atoms with Crippen molar-refractivity contribution in [2.75, 3.05) is 19.6 Å². The molecule has 3 atom stereocenters. The lowest BCUT2D eigenvalue weighted by molar-refractivity contribution is 0.0298. The minimum atomic E-state index is -0.423. The summed E-state index contributed by atoms with van der Waals surface area (Å²) in [6.45, 7) is 1.60. The summed E-state index contributed by atoms with van der Waals surface area (Å²) in [6, 6.07) is 5.16. The number of hydrogen-bond acceptors (Lipinski definition) is 6. The normalized spacial score (nSPS) is 30.3. The van der Waals surface area contributed by atoms with Gasteiger partial charge in [0.2, 0.25) is 0 Å². The molecule has 0 radical (unpaired) electrons. The Labute approximate surface area is 215 Å². The van der Waals surface area contributed by atoms with Crippen molar-refractivity contribution in [2.24, 2.45) is 10.9 Å². The number of allylic oxidation sites excluding steroid dienone is 1. The van der Waals surface area contributed by atoms with Crippen molar-refractivity contribution in [3.05, 3.63) is 52.2 Å². The SMILES string of the molecule is N=C1CN(C(=O)c2ccc(F)cc2O[C@H]2C[C@H]3CC[C@@H](C2)N3CC2CCC2)C/C1=C1\N=CC(Cl)=CN1. The van der Waals surface area contributed by atoms with Crippen molar-refractivity contribution in [3.63, 3.8) is 0 Å². The van der Waals surface area contributed by atoms with Crippen molar-refractivity contribution < 1.29 is 13.9 Å². The number of benzene rings is 1. The van der Waals surface area contributed by atoms with Crippen molar-refractivity contribution in [2.45, 2.75) is 63.1 Å². The molecule has 1 amide bonds. The Morgan fingerprint density at radius 3 is 2.64 bits per heavy atom. The average Bonchev–Trinajstić information content (AvgIpc) is 3.32. The molecule has 4 fully saturated rings. The van der Waals surface area contributed by atoms with Crippen molar-refractivity contribution in [3.8, 4) is 5.75 Å². The molecule has 1 saturated carbocycles. The van der Waals surface area contributed by atoms with Gasteiger partial charge in [0, 0.05) is 42.7 Å². The van der Waals surface area contributed by atoms with E-state index in [2.05, 4.69) is 15.2 Å². The zero-order valence-corrected chi connectivity index (χ0v) is 20.9. The fraction of sp³-hybridized carbons (Fsp3) is 0.519. The lowest BCUT2D eigenvalue weighted by Crippen LogP contribution is -2.48. The summed E-state index contributed by atoms with van der Waals surface area (Å²) in [5.74, 6) is 0.962. The van der Waals surface area contributed by atoms with Crippen LogP contribution in [0.4, 0.5) is 4.39 Å². The van der Waals surface area contributed by atoms with E-state index in [0.717, 1.165) is 18.8 Å². The van der Waals surface area contributed by atoms with E-state index in [-0.39, 0.29) is 25.1 Å². The van der Waals surface area contributed by atoms with Crippen molar-refractivity contribution in [1.29, 1.82) is 5.41 Å². The number of carbonyl (C=O) groups excluding carboxylic acids is 1. The summed E-state index contributed by atoms with van der Waals surface area (Å²) < 4.78 is 20.6. The van der Waals surface area contributed by atoms with Crippen LogP contribution in [0.3, 0.4) is 0 Å². The van der Waals surface area contributed by atoms with Gasteiger partial charge in [-0.05, 0) is 56.6 Å². The van der Waals surface area contributed by atoms with Gasteiger partial charge in [0.25, 0.3) is 5.91 Å². The predicted molar refractivity (Wildman–Crippen MR) is 137 cm³/mol. The van der Waals surface area contributed by atoms with Gasteiger partial charge in [-0.3, -0.25) is 9.69 Å². The molecule has 1 aliphatic carbocycles. The maximum atomic E-state index is 14.3. The molecule has 5 aliphatic rings. The van der Waals surface area contributed by atoms with Crippen LogP contribution >= 0.6 is 11.6 Å². The summed E-state index contributed by atoms with van der Waals surface area (Å²) in [4.78, 5) is 22.0. The molecule has 2 N–H and O–H groups in total. The third-order valence-corrected chi connectivity index (χ3v) is 8.51. The molecule has 3 saturated heterocycles. The Morgan fingerprint density at radius 1 is 1.19 bits per heavy atom. The molecule has 6 rings (SSSR count). The molecule has 2 bridgehead atoms. The number of piperidine rings is 1. The zero-order chi connectivity index (χ0) is 24.8. The Morgan fingerprint density at radius 2 is 1.97 bits per heavy atom.